The zero-order chi connectivity index (χ0) is 12.5. The van der Waals surface area contributed by atoms with Gasteiger partial charge in [0.1, 0.15) is 6.10 Å². The Morgan fingerprint density at radius 3 is 2.47 bits per heavy atom. The zero-order valence-electron chi connectivity index (χ0n) is 9.47. The third kappa shape index (κ3) is 1.83. The van der Waals surface area contributed by atoms with Gasteiger partial charge in [0.05, 0.1) is 12.0 Å². The molecule has 1 aromatic rings. The van der Waals surface area contributed by atoms with Gasteiger partial charge in [-0.15, -0.1) is 0 Å². The largest absolute Gasteiger partial charge is 0.481 e. The fourth-order valence-corrected chi connectivity index (χ4v) is 2.45. The van der Waals surface area contributed by atoms with Crippen LogP contribution in [-0.4, -0.2) is 27.9 Å². The summed E-state index contributed by atoms with van der Waals surface area (Å²) in [5, 5.41) is 28.1. The average Bonchev–Trinajstić information content (AvgIpc) is 2.27. The predicted molar refractivity (Wildman–Crippen MR) is 61.7 cm³/mol. The van der Waals surface area contributed by atoms with E-state index < -0.39 is 24.1 Å². The lowest BCUT2D eigenvalue weighted by atomic mass is 9.63. The van der Waals surface area contributed by atoms with E-state index in [1.807, 2.05) is 0 Å². The lowest BCUT2D eigenvalue weighted by molar-refractivity contribution is -0.147. The first kappa shape index (κ1) is 12.1. The van der Waals surface area contributed by atoms with Gasteiger partial charge in [-0.3, -0.25) is 4.79 Å². The smallest absolute Gasteiger partial charge is 0.314 e. The highest BCUT2D eigenvalue weighted by Crippen LogP contribution is 2.46. The minimum absolute atomic E-state index is 0.396. The van der Waals surface area contributed by atoms with Crippen LogP contribution >= 0.6 is 0 Å². The summed E-state index contributed by atoms with van der Waals surface area (Å²) in [6.07, 6.45) is 1.06. The minimum Gasteiger partial charge on any atom is -0.481 e. The summed E-state index contributed by atoms with van der Waals surface area (Å²) in [5.74, 6) is -0.846. The molecule has 4 nitrogen and oxygen atoms in total. The van der Waals surface area contributed by atoms with Crippen molar-refractivity contribution >= 4 is 5.97 Å². The molecule has 0 spiro atoms. The van der Waals surface area contributed by atoms with Crippen LogP contribution in [0.2, 0.25) is 0 Å². The molecule has 4 heteroatoms. The lowest BCUT2D eigenvalue weighted by Crippen LogP contribution is -2.43. The normalized spacial score (nSPS) is 19.4. The van der Waals surface area contributed by atoms with Gasteiger partial charge in [-0.1, -0.05) is 30.7 Å². The Morgan fingerprint density at radius 2 is 2.00 bits per heavy atom. The second-order valence-corrected chi connectivity index (χ2v) is 4.53. The van der Waals surface area contributed by atoms with Crippen LogP contribution in [0.5, 0.6) is 0 Å². The van der Waals surface area contributed by atoms with Crippen LogP contribution in [0, 0.1) is 0 Å². The number of hydrogen-bond acceptors (Lipinski definition) is 3. The second-order valence-electron chi connectivity index (χ2n) is 4.53. The van der Waals surface area contributed by atoms with E-state index in [4.69, 9.17) is 5.11 Å². The molecule has 2 rings (SSSR count). The molecule has 1 unspecified atom stereocenters. The van der Waals surface area contributed by atoms with E-state index in [0.717, 1.165) is 6.42 Å². The summed E-state index contributed by atoms with van der Waals surface area (Å²) in [6.45, 7) is -0.396. The SMILES string of the molecule is O=C(O)C1(c2ccccc2C(O)CO)CCC1. The first-order valence-corrected chi connectivity index (χ1v) is 5.73. The Kier molecular flexibility index (Phi) is 3.17. The van der Waals surface area contributed by atoms with Gasteiger partial charge in [0.2, 0.25) is 0 Å². The Morgan fingerprint density at radius 1 is 1.35 bits per heavy atom. The van der Waals surface area contributed by atoms with Gasteiger partial charge in [0.25, 0.3) is 0 Å². The number of benzene rings is 1. The number of rotatable bonds is 4. The van der Waals surface area contributed by atoms with E-state index in [1.165, 1.54) is 0 Å². The van der Waals surface area contributed by atoms with E-state index in [2.05, 4.69) is 0 Å². The first-order valence-electron chi connectivity index (χ1n) is 5.73. The summed E-state index contributed by atoms with van der Waals surface area (Å²) in [7, 11) is 0. The molecule has 1 saturated carbocycles. The Hall–Kier alpha value is -1.39. The Bertz CT molecular complexity index is 423. The molecule has 0 bridgehead atoms. The van der Waals surface area contributed by atoms with Crippen molar-refractivity contribution in [1.82, 2.24) is 0 Å². The highest BCUT2D eigenvalue weighted by molar-refractivity contribution is 5.83. The van der Waals surface area contributed by atoms with Crippen molar-refractivity contribution in [1.29, 1.82) is 0 Å². The molecule has 1 aliphatic rings. The van der Waals surface area contributed by atoms with Crippen LogP contribution in [0.4, 0.5) is 0 Å². The summed E-state index contributed by atoms with van der Waals surface area (Å²) in [6, 6.07) is 6.93. The lowest BCUT2D eigenvalue weighted by Gasteiger charge is -2.39. The topological polar surface area (TPSA) is 77.8 Å². The van der Waals surface area contributed by atoms with Gasteiger partial charge in [-0.25, -0.2) is 0 Å². The summed E-state index contributed by atoms with van der Waals surface area (Å²) in [4.78, 5) is 11.4. The van der Waals surface area contributed by atoms with Gasteiger partial charge in [0, 0.05) is 0 Å². The standard InChI is InChI=1S/C13H16O4/c14-8-11(15)9-4-1-2-5-10(9)13(12(16)17)6-3-7-13/h1-2,4-5,11,14-15H,3,6-8H2,(H,16,17). The number of carboxylic acids is 1. The van der Waals surface area contributed by atoms with Crippen molar-refractivity contribution in [2.24, 2.45) is 0 Å². The van der Waals surface area contributed by atoms with Crippen LogP contribution in [0.25, 0.3) is 0 Å². The number of aliphatic hydroxyl groups is 2. The van der Waals surface area contributed by atoms with Crippen molar-refractivity contribution in [2.45, 2.75) is 30.8 Å². The van der Waals surface area contributed by atoms with Gasteiger partial charge < -0.3 is 15.3 Å². The van der Waals surface area contributed by atoms with E-state index >= 15 is 0 Å². The van der Waals surface area contributed by atoms with Crippen LogP contribution in [0.1, 0.15) is 36.5 Å². The highest BCUT2D eigenvalue weighted by Gasteiger charge is 2.47. The molecule has 1 aromatic carbocycles. The molecule has 1 aliphatic carbocycles. The Labute approximate surface area is 99.5 Å². The zero-order valence-corrected chi connectivity index (χ0v) is 9.47. The van der Waals surface area contributed by atoms with E-state index in [-0.39, 0.29) is 0 Å². The molecule has 17 heavy (non-hydrogen) atoms. The molecule has 0 saturated heterocycles. The monoisotopic (exact) mass is 236 g/mol. The third-order valence-corrected chi connectivity index (χ3v) is 3.62. The van der Waals surface area contributed by atoms with Crippen molar-refractivity contribution in [3.05, 3.63) is 35.4 Å². The number of carboxylic acid groups (broad SMARTS) is 1. The maximum absolute atomic E-state index is 11.4. The fraction of sp³-hybridized carbons (Fsp3) is 0.462. The van der Waals surface area contributed by atoms with E-state index in [0.29, 0.717) is 24.0 Å². The quantitative estimate of drug-likeness (QED) is 0.734. The number of aliphatic hydroxyl groups excluding tert-OH is 2. The van der Waals surface area contributed by atoms with Crippen molar-refractivity contribution in [3.8, 4) is 0 Å². The maximum Gasteiger partial charge on any atom is 0.314 e. The van der Waals surface area contributed by atoms with Gasteiger partial charge >= 0.3 is 5.97 Å². The van der Waals surface area contributed by atoms with Crippen LogP contribution in [0.3, 0.4) is 0 Å². The molecule has 0 radical (unpaired) electrons. The fourth-order valence-electron chi connectivity index (χ4n) is 2.45. The highest BCUT2D eigenvalue weighted by atomic mass is 16.4. The maximum atomic E-state index is 11.4. The molecule has 1 atom stereocenters. The minimum atomic E-state index is -1.01. The molecule has 0 heterocycles. The van der Waals surface area contributed by atoms with Crippen molar-refractivity contribution in [2.75, 3.05) is 6.61 Å². The van der Waals surface area contributed by atoms with Crippen molar-refractivity contribution < 1.29 is 20.1 Å². The molecule has 0 amide bonds. The summed E-state index contributed by atoms with van der Waals surface area (Å²) in [5.41, 5.74) is 0.296. The molecular weight excluding hydrogens is 220 g/mol. The van der Waals surface area contributed by atoms with Crippen LogP contribution in [0.15, 0.2) is 24.3 Å². The van der Waals surface area contributed by atoms with Gasteiger partial charge in [-0.2, -0.15) is 0 Å². The number of carbonyl (C=O) groups is 1. The summed E-state index contributed by atoms with van der Waals surface area (Å²) >= 11 is 0. The predicted octanol–water partition coefficient (Wildman–Crippen LogP) is 1.22. The van der Waals surface area contributed by atoms with E-state index in [9.17, 15) is 15.0 Å². The molecule has 1 fully saturated rings. The Balaban J connectivity index is 2.47. The van der Waals surface area contributed by atoms with Gasteiger partial charge in [-0.05, 0) is 24.0 Å². The number of hydrogen-bond donors (Lipinski definition) is 3. The molecule has 92 valence electrons. The summed E-state index contributed by atoms with van der Waals surface area (Å²) < 4.78 is 0. The second kappa shape index (κ2) is 4.47. The number of aliphatic carboxylic acids is 1. The van der Waals surface area contributed by atoms with Gasteiger partial charge in [0.15, 0.2) is 0 Å². The molecule has 0 aromatic heterocycles. The average molecular weight is 236 g/mol. The molecule has 0 aliphatic heterocycles. The first-order chi connectivity index (χ1) is 8.12. The third-order valence-electron chi connectivity index (χ3n) is 3.62. The van der Waals surface area contributed by atoms with Crippen molar-refractivity contribution in [3.63, 3.8) is 0 Å². The van der Waals surface area contributed by atoms with Crippen LogP contribution in [-0.2, 0) is 10.2 Å². The molecular formula is C13H16O4. The van der Waals surface area contributed by atoms with E-state index in [1.54, 1.807) is 24.3 Å². The molecule has 3 N–H and O–H groups in total. The van der Waals surface area contributed by atoms with Crippen LogP contribution < -0.4 is 0 Å².